The fraction of sp³-hybridized carbons (Fsp3) is 0.872. The summed E-state index contributed by atoms with van der Waals surface area (Å²) in [6, 6.07) is 2.89. The third-order valence-electron chi connectivity index (χ3n) is 10.6. The van der Waals surface area contributed by atoms with E-state index in [9.17, 15) is 14.4 Å². The molecule has 4 N–H and O–H groups in total. The Kier molecular flexibility index (Phi) is 23.7. The zero-order valence-electron chi connectivity index (χ0n) is 33.1. The summed E-state index contributed by atoms with van der Waals surface area (Å²) in [7, 11) is 0. The molecule has 0 spiro atoms. The van der Waals surface area contributed by atoms with Gasteiger partial charge in [0.15, 0.2) is 0 Å². The van der Waals surface area contributed by atoms with E-state index in [0.717, 1.165) is 83.6 Å². The largest absolute Gasteiger partial charge is 0.481 e. The Morgan fingerprint density at radius 3 is 1.27 bits per heavy atom. The maximum absolute atomic E-state index is 11.5. The Bertz CT molecular complexity index is 961. The van der Waals surface area contributed by atoms with Gasteiger partial charge in [0.25, 0.3) is 11.9 Å². The molecule has 6 rings (SSSR count). The number of carbonyl (C=O) groups is 5. The molecule has 3 amide bonds. The Morgan fingerprint density at radius 2 is 0.961 bits per heavy atom. The molecule has 5 heterocycles. The zero-order valence-corrected chi connectivity index (χ0v) is 33.1. The molecule has 1 aliphatic carbocycles. The quantitative estimate of drug-likeness (QED) is 0.287. The van der Waals surface area contributed by atoms with Gasteiger partial charge in [-0.2, -0.15) is 0 Å². The van der Waals surface area contributed by atoms with Crippen molar-refractivity contribution in [3.05, 3.63) is 0 Å². The molecule has 12 nitrogen and oxygen atoms in total. The number of hydrogen-bond acceptors (Lipinski definition) is 7. The number of hydrogen-bond donors (Lipinski definition) is 4. The second-order valence-electron chi connectivity index (χ2n) is 15.2. The second kappa shape index (κ2) is 26.1. The smallest absolute Gasteiger partial charge is 0.300 e. The van der Waals surface area contributed by atoms with Gasteiger partial charge >= 0.3 is 0 Å². The number of carboxylic acid groups (broad SMARTS) is 2. The molecule has 6 aliphatic rings. The highest BCUT2D eigenvalue weighted by atomic mass is 16.4. The normalized spacial score (nSPS) is 26.6. The predicted octanol–water partition coefficient (Wildman–Crippen LogP) is 5.67. The fourth-order valence-corrected chi connectivity index (χ4v) is 8.17. The Hall–Kier alpha value is -2.73. The van der Waals surface area contributed by atoms with Crippen molar-refractivity contribution in [1.29, 1.82) is 0 Å². The Morgan fingerprint density at radius 1 is 0.529 bits per heavy atom. The average Bonchev–Trinajstić information content (AvgIpc) is 3.88. The highest BCUT2D eigenvalue weighted by molar-refractivity contribution is 5.75. The van der Waals surface area contributed by atoms with Crippen LogP contribution in [0.2, 0.25) is 0 Å². The van der Waals surface area contributed by atoms with Gasteiger partial charge in [0.2, 0.25) is 17.7 Å². The molecule has 1 saturated carbocycles. The molecular formula is C39H73N5O7. The van der Waals surface area contributed by atoms with Crippen LogP contribution in [0.4, 0.5) is 0 Å². The van der Waals surface area contributed by atoms with Gasteiger partial charge in [-0.05, 0) is 110 Å². The molecule has 0 aromatic carbocycles. The van der Waals surface area contributed by atoms with Crippen molar-refractivity contribution in [2.75, 3.05) is 32.7 Å². The van der Waals surface area contributed by atoms with Crippen LogP contribution in [-0.2, 0) is 24.0 Å². The minimum atomic E-state index is -0.833. The lowest BCUT2D eigenvalue weighted by molar-refractivity contribution is -0.135. The van der Waals surface area contributed by atoms with Crippen molar-refractivity contribution in [3.63, 3.8) is 0 Å². The van der Waals surface area contributed by atoms with E-state index in [1.54, 1.807) is 20.8 Å². The maximum atomic E-state index is 11.5. The lowest BCUT2D eigenvalue weighted by Gasteiger charge is -2.30. The maximum Gasteiger partial charge on any atom is 0.300 e. The van der Waals surface area contributed by atoms with Crippen molar-refractivity contribution in [1.82, 2.24) is 25.3 Å². The van der Waals surface area contributed by atoms with Crippen LogP contribution < -0.4 is 10.6 Å². The molecule has 0 aromatic heterocycles. The topological polar surface area (TPSA) is 160 Å². The summed E-state index contributed by atoms with van der Waals surface area (Å²) in [6.45, 7) is 16.7. The van der Waals surface area contributed by atoms with E-state index in [-0.39, 0.29) is 17.7 Å². The van der Waals surface area contributed by atoms with Gasteiger partial charge in [-0.15, -0.1) is 0 Å². The van der Waals surface area contributed by atoms with Crippen LogP contribution in [0.15, 0.2) is 0 Å². The molecule has 5 unspecified atom stereocenters. The van der Waals surface area contributed by atoms with Crippen LogP contribution in [-0.4, -0.2) is 118 Å². The number of nitrogens with zero attached hydrogens (tertiary/aromatic N) is 3. The molecule has 5 aliphatic heterocycles. The number of nitrogens with one attached hydrogen (secondary N) is 2. The lowest BCUT2D eigenvalue weighted by Crippen LogP contribution is -2.41. The highest BCUT2D eigenvalue weighted by Gasteiger charge is 2.34. The van der Waals surface area contributed by atoms with Crippen LogP contribution in [0.1, 0.15) is 151 Å². The minimum absolute atomic E-state index is 0.180. The van der Waals surface area contributed by atoms with Crippen LogP contribution in [0.5, 0.6) is 0 Å². The molecule has 0 aromatic rings. The van der Waals surface area contributed by atoms with E-state index in [2.05, 4.69) is 24.5 Å². The van der Waals surface area contributed by atoms with Crippen LogP contribution in [0.3, 0.4) is 0 Å². The standard InChI is InChI=1S/C13H22N2O2.C10H19N.C7H13NO.C5H11N.2C2H4O2/c1-10(16)14-7-3-5-12(14)9-13-6-4-8-15(13)11(2)17;1-2-5-9(4-1)8-10-6-3-7-11-10;1-6-4-3-5-8(6)7(2)9;1-5-3-2-4-6-5;2*1-2(3)4/h12-13H,3-9H2,1-2H3;9-11H,1-8H2;6H,3-5H2,1-2H3;5-6H,2-4H2,1H3;2*1H3,(H,3,4). The third-order valence-corrected chi connectivity index (χ3v) is 10.6. The molecule has 12 heteroatoms. The first-order valence-electron chi connectivity index (χ1n) is 19.8. The van der Waals surface area contributed by atoms with Crippen LogP contribution in [0, 0.1) is 5.92 Å². The van der Waals surface area contributed by atoms with Crippen molar-refractivity contribution in [2.45, 2.75) is 181 Å². The van der Waals surface area contributed by atoms with Gasteiger partial charge in [-0.1, -0.05) is 25.7 Å². The molecule has 5 saturated heterocycles. The fourth-order valence-electron chi connectivity index (χ4n) is 8.17. The van der Waals surface area contributed by atoms with Gasteiger partial charge in [0, 0.05) is 84.5 Å². The first-order chi connectivity index (χ1) is 24.1. The monoisotopic (exact) mass is 724 g/mol. The molecule has 0 radical (unpaired) electrons. The summed E-state index contributed by atoms with van der Waals surface area (Å²) in [6.07, 6.45) is 20.8. The first kappa shape index (κ1) is 46.3. The van der Waals surface area contributed by atoms with Gasteiger partial charge in [-0.3, -0.25) is 24.0 Å². The van der Waals surface area contributed by atoms with Crippen LogP contribution >= 0.6 is 0 Å². The molecular weight excluding hydrogens is 650 g/mol. The molecule has 51 heavy (non-hydrogen) atoms. The number of carbonyl (C=O) groups excluding carboxylic acids is 3. The predicted molar refractivity (Wildman–Crippen MR) is 202 cm³/mol. The number of likely N-dealkylation sites (tertiary alicyclic amines) is 3. The van der Waals surface area contributed by atoms with Crippen molar-refractivity contribution in [2.24, 2.45) is 5.92 Å². The van der Waals surface area contributed by atoms with Crippen molar-refractivity contribution < 1.29 is 34.2 Å². The van der Waals surface area contributed by atoms with E-state index >= 15 is 0 Å². The minimum Gasteiger partial charge on any atom is -0.481 e. The summed E-state index contributed by atoms with van der Waals surface area (Å²) >= 11 is 0. The molecule has 6 fully saturated rings. The summed E-state index contributed by atoms with van der Waals surface area (Å²) < 4.78 is 0. The number of aliphatic carboxylic acids is 2. The van der Waals surface area contributed by atoms with Gasteiger partial charge < -0.3 is 35.5 Å². The van der Waals surface area contributed by atoms with E-state index in [0.29, 0.717) is 18.1 Å². The first-order valence-corrected chi connectivity index (χ1v) is 19.8. The summed E-state index contributed by atoms with van der Waals surface area (Å²) in [4.78, 5) is 57.7. The number of rotatable bonds is 4. The van der Waals surface area contributed by atoms with Crippen molar-refractivity contribution in [3.8, 4) is 0 Å². The van der Waals surface area contributed by atoms with E-state index in [1.807, 2.05) is 14.7 Å². The molecule has 0 bridgehead atoms. The SMILES string of the molecule is C1CCC(CC2CCCN2)C1.CC(=O)N1CCCC1C.CC(=O)N1CCCC1CC1CCCN1C(C)=O.CC(=O)O.CC(=O)O.CC1CCCN1. The second-order valence-corrected chi connectivity index (χ2v) is 15.2. The summed E-state index contributed by atoms with van der Waals surface area (Å²) in [5.74, 6) is -0.00894. The van der Waals surface area contributed by atoms with Crippen LogP contribution in [0.25, 0.3) is 0 Å². The summed E-state index contributed by atoms with van der Waals surface area (Å²) in [5, 5.41) is 21.7. The Balaban J connectivity index is 0.000000333. The molecule has 296 valence electrons. The Labute approximate surface area is 308 Å². The third kappa shape index (κ3) is 20.8. The lowest BCUT2D eigenvalue weighted by atomic mass is 9.98. The zero-order chi connectivity index (χ0) is 38.3. The van der Waals surface area contributed by atoms with E-state index in [4.69, 9.17) is 19.8 Å². The number of amides is 3. The molecule has 5 atom stereocenters. The van der Waals surface area contributed by atoms with Gasteiger partial charge in [0.1, 0.15) is 0 Å². The summed E-state index contributed by atoms with van der Waals surface area (Å²) in [5.41, 5.74) is 0. The van der Waals surface area contributed by atoms with Crippen molar-refractivity contribution >= 4 is 29.7 Å². The van der Waals surface area contributed by atoms with E-state index < -0.39 is 11.9 Å². The van der Waals surface area contributed by atoms with Gasteiger partial charge in [-0.25, -0.2) is 0 Å². The highest BCUT2D eigenvalue weighted by Crippen LogP contribution is 2.30. The van der Waals surface area contributed by atoms with E-state index in [1.165, 1.54) is 83.7 Å². The number of carboxylic acids is 2. The average molecular weight is 724 g/mol. The van der Waals surface area contributed by atoms with Gasteiger partial charge in [0.05, 0.1) is 0 Å².